The average molecular weight is 318 g/mol. The maximum atomic E-state index is 12.3. The molecular formula is C20H30O3. The molecular weight excluding hydrogens is 288 g/mol. The molecule has 0 heterocycles. The van der Waals surface area contributed by atoms with Crippen molar-refractivity contribution in [2.75, 3.05) is 0 Å². The van der Waals surface area contributed by atoms with Gasteiger partial charge in [-0.3, -0.25) is 4.79 Å². The average Bonchev–Trinajstić information content (AvgIpc) is 2.94. The highest BCUT2D eigenvalue weighted by Crippen LogP contribution is 2.61. The second-order valence-corrected chi connectivity index (χ2v) is 7.95. The van der Waals surface area contributed by atoms with Crippen LogP contribution < -0.4 is 0 Å². The number of ketones is 1. The molecule has 4 atom stereocenters. The van der Waals surface area contributed by atoms with Crippen LogP contribution in [-0.2, 0) is 4.79 Å². The van der Waals surface area contributed by atoms with Crippen molar-refractivity contribution in [1.82, 2.24) is 0 Å². The first kappa shape index (κ1) is 18.2. The van der Waals surface area contributed by atoms with Crippen LogP contribution in [0.1, 0.15) is 53.9 Å². The van der Waals surface area contributed by atoms with Crippen molar-refractivity contribution in [3.8, 4) is 0 Å². The Balaban J connectivity index is 2.30. The number of allylic oxidation sites excluding steroid dienone is 2. The van der Waals surface area contributed by atoms with E-state index >= 15 is 0 Å². The third kappa shape index (κ3) is 4.21. The zero-order chi connectivity index (χ0) is 17.4. The first-order valence-corrected chi connectivity index (χ1v) is 8.56. The standard InChI is InChI=1S/C20H30O3/c1-12-6-7-16-17(20(16,4)5)11-14(3)19(23)18(22)10-13(2)9-15(21)8-12/h8,10-11,15-18,21-22H,6-7,9H2,1-5H3/b12-8?,13-10?,14-11+/t15-,16+,17-,18-/m0/s1. The van der Waals surface area contributed by atoms with E-state index in [0.717, 1.165) is 18.4 Å². The van der Waals surface area contributed by atoms with Gasteiger partial charge in [-0.25, -0.2) is 0 Å². The van der Waals surface area contributed by atoms with Crippen molar-refractivity contribution in [2.45, 2.75) is 66.1 Å². The van der Waals surface area contributed by atoms with Gasteiger partial charge in [0.05, 0.1) is 6.10 Å². The smallest absolute Gasteiger partial charge is 0.190 e. The summed E-state index contributed by atoms with van der Waals surface area (Å²) in [6.07, 6.45) is 6.34. The van der Waals surface area contributed by atoms with Crippen molar-refractivity contribution in [3.05, 3.63) is 34.9 Å². The van der Waals surface area contributed by atoms with Crippen LogP contribution >= 0.6 is 0 Å². The van der Waals surface area contributed by atoms with Crippen molar-refractivity contribution >= 4 is 5.78 Å². The van der Waals surface area contributed by atoms with Gasteiger partial charge in [-0.2, -0.15) is 0 Å². The predicted molar refractivity (Wildman–Crippen MR) is 92.9 cm³/mol. The number of carbonyl (C=O) groups excluding carboxylic acids is 1. The molecule has 0 amide bonds. The van der Waals surface area contributed by atoms with Gasteiger partial charge in [0, 0.05) is 0 Å². The van der Waals surface area contributed by atoms with Crippen LogP contribution in [0.2, 0.25) is 0 Å². The molecule has 2 aliphatic carbocycles. The summed E-state index contributed by atoms with van der Waals surface area (Å²) in [7, 11) is 0. The van der Waals surface area contributed by atoms with E-state index in [1.807, 2.05) is 13.0 Å². The Kier molecular flexibility index (Phi) is 5.32. The van der Waals surface area contributed by atoms with Gasteiger partial charge in [-0.15, -0.1) is 0 Å². The maximum absolute atomic E-state index is 12.3. The fourth-order valence-corrected chi connectivity index (χ4v) is 3.85. The Morgan fingerprint density at radius 3 is 2.35 bits per heavy atom. The first-order chi connectivity index (χ1) is 10.6. The molecule has 0 saturated heterocycles. The Morgan fingerprint density at radius 2 is 1.70 bits per heavy atom. The second kappa shape index (κ2) is 6.74. The molecule has 0 spiro atoms. The molecule has 128 valence electrons. The molecule has 3 heteroatoms. The third-order valence-corrected chi connectivity index (χ3v) is 5.53. The summed E-state index contributed by atoms with van der Waals surface area (Å²) < 4.78 is 0. The topological polar surface area (TPSA) is 57.5 Å². The van der Waals surface area contributed by atoms with E-state index in [1.165, 1.54) is 5.57 Å². The summed E-state index contributed by atoms with van der Waals surface area (Å²) in [5.41, 5.74) is 2.89. The highest BCUT2D eigenvalue weighted by Gasteiger charge is 2.55. The normalized spacial score (nSPS) is 37.7. The number of aliphatic hydroxyl groups excluding tert-OH is 2. The Labute approximate surface area is 139 Å². The van der Waals surface area contributed by atoms with Gasteiger partial charge in [0.15, 0.2) is 5.78 Å². The minimum absolute atomic E-state index is 0.206. The Morgan fingerprint density at radius 1 is 1.04 bits per heavy atom. The molecule has 1 saturated carbocycles. The molecule has 0 radical (unpaired) electrons. The molecule has 0 aromatic heterocycles. The third-order valence-electron chi connectivity index (χ3n) is 5.53. The Bertz CT molecular complexity index is 565. The minimum atomic E-state index is -1.12. The van der Waals surface area contributed by atoms with Crippen molar-refractivity contribution in [2.24, 2.45) is 17.3 Å². The van der Waals surface area contributed by atoms with Gasteiger partial charge in [-0.1, -0.05) is 37.1 Å². The summed E-state index contributed by atoms with van der Waals surface area (Å²) in [4.78, 5) is 12.3. The lowest BCUT2D eigenvalue weighted by Gasteiger charge is -2.12. The fourth-order valence-electron chi connectivity index (χ4n) is 3.85. The number of Topliss-reactive ketones (excluding diaryl/α,β-unsaturated/α-hetero) is 1. The SMILES string of the molecule is CC1=C[C@H](O)CC(C)=C[C@H](O)C(=O)/C(C)=C/[C@H]2[C@@H](CC1)C2(C)C. The van der Waals surface area contributed by atoms with Gasteiger partial charge in [0.1, 0.15) is 6.10 Å². The van der Waals surface area contributed by atoms with E-state index in [1.54, 1.807) is 13.0 Å². The van der Waals surface area contributed by atoms with Gasteiger partial charge in [0.2, 0.25) is 0 Å². The van der Waals surface area contributed by atoms with Gasteiger partial charge >= 0.3 is 0 Å². The molecule has 1 fully saturated rings. The van der Waals surface area contributed by atoms with E-state index in [0.29, 0.717) is 23.8 Å². The fraction of sp³-hybridized carbons (Fsp3) is 0.650. The monoisotopic (exact) mass is 318 g/mol. The molecule has 0 aromatic carbocycles. The van der Waals surface area contributed by atoms with E-state index in [-0.39, 0.29) is 11.2 Å². The van der Waals surface area contributed by atoms with Crippen LogP contribution in [0.15, 0.2) is 34.9 Å². The van der Waals surface area contributed by atoms with Crippen LogP contribution in [-0.4, -0.2) is 28.2 Å². The highest BCUT2D eigenvalue weighted by atomic mass is 16.3. The number of rotatable bonds is 0. The van der Waals surface area contributed by atoms with Crippen molar-refractivity contribution in [1.29, 1.82) is 0 Å². The molecule has 2 N–H and O–H groups in total. The lowest BCUT2D eigenvalue weighted by atomic mass is 9.99. The second-order valence-electron chi connectivity index (χ2n) is 7.95. The number of carbonyl (C=O) groups is 1. The van der Waals surface area contributed by atoms with Crippen molar-refractivity contribution < 1.29 is 15.0 Å². The molecule has 3 nitrogen and oxygen atoms in total. The van der Waals surface area contributed by atoms with E-state index < -0.39 is 12.2 Å². The molecule has 0 bridgehead atoms. The van der Waals surface area contributed by atoms with Crippen LogP contribution in [0.4, 0.5) is 0 Å². The van der Waals surface area contributed by atoms with Crippen LogP contribution in [0.5, 0.6) is 0 Å². The highest BCUT2D eigenvalue weighted by molar-refractivity contribution is 5.99. The number of hydrogen-bond acceptors (Lipinski definition) is 3. The minimum Gasteiger partial charge on any atom is -0.389 e. The molecule has 0 aliphatic heterocycles. The lowest BCUT2D eigenvalue weighted by Crippen LogP contribution is -2.20. The Hall–Kier alpha value is -1.19. The van der Waals surface area contributed by atoms with Crippen LogP contribution in [0, 0.1) is 17.3 Å². The molecule has 23 heavy (non-hydrogen) atoms. The van der Waals surface area contributed by atoms with Crippen LogP contribution in [0.25, 0.3) is 0 Å². The van der Waals surface area contributed by atoms with E-state index in [2.05, 4.69) is 26.8 Å². The van der Waals surface area contributed by atoms with Gasteiger partial charge in [-0.05, 0) is 68.9 Å². The molecule has 0 aromatic rings. The number of aliphatic hydroxyl groups is 2. The van der Waals surface area contributed by atoms with Crippen molar-refractivity contribution in [3.63, 3.8) is 0 Å². The summed E-state index contributed by atoms with van der Waals surface area (Å²) >= 11 is 0. The van der Waals surface area contributed by atoms with E-state index in [9.17, 15) is 15.0 Å². The molecule has 2 rings (SSSR count). The zero-order valence-electron chi connectivity index (χ0n) is 15.0. The summed E-state index contributed by atoms with van der Waals surface area (Å²) in [6.45, 7) is 10.2. The van der Waals surface area contributed by atoms with Gasteiger partial charge in [0.25, 0.3) is 0 Å². The summed E-state index contributed by atoms with van der Waals surface area (Å²) in [5.74, 6) is 0.719. The summed E-state index contributed by atoms with van der Waals surface area (Å²) in [6, 6.07) is 0. The first-order valence-electron chi connectivity index (χ1n) is 8.56. The quantitative estimate of drug-likeness (QED) is 0.671. The largest absolute Gasteiger partial charge is 0.389 e. The number of hydrogen-bond donors (Lipinski definition) is 2. The summed E-state index contributed by atoms with van der Waals surface area (Å²) in [5, 5.41) is 20.3. The van der Waals surface area contributed by atoms with E-state index in [4.69, 9.17) is 0 Å². The molecule has 2 aliphatic rings. The predicted octanol–water partition coefficient (Wildman–Crippen LogP) is 3.57. The maximum Gasteiger partial charge on any atom is 0.190 e. The van der Waals surface area contributed by atoms with Crippen LogP contribution in [0.3, 0.4) is 0 Å². The lowest BCUT2D eigenvalue weighted by molar-refractivity contribution is -0.121. The zero-order valence-corrected chi connectivity index (χ0v) is 15.0. The van der Waals surface area contributed by atoms with Gasteiger partial charge < -0.3 is 10.2 Å². The molecule has 0 unspecified atom stereocenters. The number of fused-ring (bicyclic) bond motifs is 1.